The molecule has 68 valence electrons. The van der Waals surface area contributed by atoms with Gasteiger partial charge in [0.05, 0.1) is 12.8 Å². The quantitative estimate of drug-likeness (QED) is 0.626. The molecular formula is C7H12N2O2S. The van der Waals surface area contributed by atoms with Crippen molar-refractivity contribution in [1.29, 1.82) is 0 Å². The number of rotatable bonds is 1. The number of hydrogen-bond acceptors (Lipinski definition) is 4. The fourth-order valence-electron chi connectivity index (χ4n) is 0.884. The Kier molecular flexibility index (Phi) is 3.40. The Morgan fingerprint density at radius 1 is 1.83 bits per heavy atom. The molecule has 1 aliphatic heterocycles. The molecule has 1 rings (SSSR count). The van der Waals surface area contributed by atoms with Gasteiger partial charge in [-0.2, -0.15) is 16.9 Å². The third-order valence-corrected chi connectivity index (χ3v) is 2.90. The van der Waals surface area contributed by atoms with Crippen molar-refractivity contribution in [3.63, 3.8) is 0 Å². The second-order valence-electron chi connectivity index (χ2n) is 2.62. The average molecular weight is 188 g/mol. The van der Waals surface area contributed by atoms with Gasteiger partial charge in [0.1, 0.15) is 0 Å². The minimum atomic E-state index is -0.508. The highest BCUT2D eigenvalue weighted by Gasteiger charge is 2.18. The summed E-state index contributed by atoms with van der Waals surface area (Å²) in [4.78, 5) is 10.6. The Hall–Kier alpha value is -0.710. The largest absolute Gasteiger partial charge is 0.452 e. The standard InChI is InChI=1S/C7H12N2O2S/c1-5-3-12-4-6(5)8-9-7(10)11-2/h5H,3-4H2,1-2H3,(H,9,10)/b8-6-. The lowest BCUT2D eigenvalue weighted by molar-refractivity contribution is 0.171. The van der Waals surface area contributed by atoms with E-state index in [0.717, 1.165) is 17.2 Å². The van der Waals surface area contributed by atoms with Crippen LogP contribution in [-0.2, 0) is 4.74 Å². The SMILES string of the molecule is COC(=O)N/N=C1/CSCC1C. The fourth-order valence-corrected chi connectivity index (χ4v) is 2.11. The van der Waals surface area contributed by atoms with Gasteiger partial charge in [0, 0.05) is 17.4 Å². The second-order valence-corrected chi connectivity index (χ2v) is 3.65. The molecule has 1 heterocycles. The number of methoxy groups -OCH3 is 1. The molecule has 1 amide bonds. The molecule has 1 N–H and O–H groups in total. The molecule has 1 saturated heterocycles. The van der Waals surface area contributed by atoms with E-state index in [1.165, 1.54) is 7.11 Å². The lowest BCUT2D eigenvalue weighted by Crippen LogP contribution is -2.21. The number of amides is 1. The third-order valence-electron chi connectivity index (χ3n) is 1.66. The first-order valence-electron chi connectivity index (χ1n) is 3.72. The first-order chi connectivity index (χ1) is 5.74. The molecule has 12 heavy (non-hydrogen) atoms. The van der Waals surface area contributed by atoms with Crippen LogP contribution < -0.4 is 5.43 Å². The van der Waals surface area contributed by atoms with Crippen molar-refractivity contribution in [3.05, 3.63) is 0 Å². The topological polar surface area (TPSA) is 50.7 Å². The predicted molar refractivity (Wildman–Crippen MR) is 49.5 cm³/mol. The molecule has 0 aromatic heterocycles. The van der Waals surface area contributed by atoms with Crippen LogP contribution in [0.4, 0.5) is 4.79 Å². The van der Waals surface area contributed by atoms with Gasteiger partial charge in [0.25, 0.3) is 0 Å². The molecule has 0 aliphatic carbocycles. The van der Waals surface area contributed by atoms with Crippen LogP contribution in [0.5, 0.6) is 0 Å². The normalized spacial score (nSPS) is 25.8. The number of ether oxygens (including phenoxy) is 1. The smallest absolute Gasteiger partial charge is 0.427 e. The Labute approximate surface area is 75.7 Å². The number of nitrogens with zero attached hydrogens (tertiary/aromatic N) is 1. The Morgan fingerprint density at radius 2 is 2.58 bits per heavy atom. The number of carbonyl (C=O) groups excluding carboxylic acids is 1. The maximum Gasteiger partial charge on any atom is 0.427 e. The van der Waals surface area contributed by atoms with Gasteiger partial charge < -0.3 is 4.74 Å². The van der Waals surface area contributed by atoms with Crippen LogP contribution in [0.3, 0.4) is 0 Å². The van der Waals surface area contributed by atoms with Gasteiger partial charge in [0.2, 0.25) is 0 Å². The zero-order chi connectivity index (χ0) is 8.97. The molecule has 0 bridgehead atoms. The maximum absolute atomic E-state index is 10.6. The second kappa shape index (κ2) is 4.35. The molecule has 0 spiro atoms. The highest BCUT2D eigenvalue weighted by Crippen LogP contribution is 2.20. The Balaban J connectivity index is 2.40. The maximum atomic E-state index is 10.6. The van der Waals surface area contributed by atoms with Crippen molar-refractivity contribution >= 4 is 23.6 Å². The number of thioether (sulfide) groups is 1. The summed E-state index contributed by atoms with van der Waals surface area (Å²) in [6.45, 7) is 2.10. The monoisotopic (exact) mass is 188 g/mol. The molecule has 1 atom stereocenters. The highest BCUT2D eigenvalue weighted by atomic mass is 32.2. The summed E-state index contributed by atoms with van der Waals surface area (Å²) in [5.74, 6) is 2.46. The molecule has 1 aliphatic rings. The Bertz CT molecular complexity index is 206. The molecule has 0 saturated carbocycles. The van der Waals surface area contributed by atoms with E-state index in [2.05, 4.69) is 22.2 Å². The van der Waals surface area contributed by atoms with E-state index < -0.39 is 6.09 Å². The molecule has 4 nitrogen and oxygen atoms in total. The lowest BCUT2D eigenvalue weighted by atomic mass is 10.1. The molecule has 0 aromatic carbocycles. The number of carbonyl (C=O) groups is 1. The third kappa shape index (κ3) is 2.41. The summed E-state index contributed by atoms with van der Waals surface area (Å²) in [5.41, 5.74) is 3.35. The van der Waals surface area contributed by atoms with E-state index in [1.54, 1.807) is 0 Å². The predicted octanol–water partition coefficient (Wildman–Crippen LogP) is 1.08. The molecule has 5 heteroatoms. The summed E-state index contributed by atoms with van der Waals surface area (Å²) < 4.78 is 4.38. The number of hydrazone groups is 1. The van der Waals surface area contributed by atoms with Crippen LogP contribution in [0.1, 0.15) is 6.92 Å². The average Bonchev–Trinajstić information content (AvgIpc) is 2.47. The van der Waals surface area contributed by atoms with Gasteiger partial charge in [-0.05, 0) is 0 Å². The van der Waals surface area contributed by atoms with E-state index in [0.29, 0.717) is 5.92 Å². The van der Waals surface area contributed by atoms with Gasteiger partial charge in [-0.25, -0.2) is 10.2 Å². The van der Waals surface area contributed by atoms with Crippen LogP contribution in [0, 0.1) is 5.92 Å². The molecule has 1 unspecified atom stereocenters. The van der Waals surface area contributed by atoms with Crippen LogP contribution in [0.2, 0.25) is 0 Å². The number of nitrogens with one attached hydrogen (secondary N) is 1. The van der Waals surface area contributed by atoms with Gasteiger partial charge in [-0.1, -0.05) is 6.92 Å². The van der Waals surface area contributed by atoms with Gasteiger partial charge in [-0.3, -0.25) is 0 Å². The van der Waals surface area contributed by atoms with E-state index >= 15 is 0 Å². The minimum absolute atomic E-state index is 0.465. The molecule has 0 aromatic rings. The van der Waals surface area contributed by atoms with Crippen molar-refractivity contribution in [3.8, 4) is 0 Å². The molecule has 1 fully saturated rings. The molecule has 0 radical (unpaired) electrons. The van der Waals surface area contributed by atoms with Crippen LogP contribution in [0.25, 0.3) is 0 Å². The van der Waals surface area contributed by atoms with Crippen LogP contribution in [0.15, 0.2) is 5.10 Å². The summed E-state index contributed by atoms with van der Waals surface area (Å²) in [6, 6.07) is 0. The van der Waals surface area contributed by atoms with Crippen molar-refractivity contribution in [1.82, 2.24) is 5.43 Å². The van der Waals surface area contributed by atoms with Crippen LogP contribution >= 0.6 is 11.8 Å². The van der Waals surface area contributed by atoms with E-state index in [4.69, 9.17) is 0 Å². The zero-order valence-corrected chi connectivity index (χ0v) is 7.98. The van der Waals surface area contributed by atoms with Crippen molar-refractivity contribution in [2.75, 3.05) is 18.6 Å². The summed E-state index contributed by atoms with van der Waals surface area (Å²) >= 11 is 1.83. The van der Waals surface area contributed by atoms with Crippen LogP contribution in [-0.4, -0.2) is 30.4 Å². The van der Waals surface area contributed by atoms with Gasteiger partial charge >= 0.3 is 6.09 Å². The summed E-state index contributed by atoms with van der Waals surface area (Å²) in [5, 5.41) is 3.95. The zero-order valence-electron chi connectivity index (χ0n) is 7.16. The van der Waals surface area contributed by atoms with Crippen molar-refractivity contribution in [2.24, 2.45) is 11.0 Å². The van der Waals surface area contributed by atoms with E-state index in [-0.39, 0.29) is 0 Å². The first-order valence-corrected chi connectivity index (χ1v) is 4.87. The van der Waals surface area contributed by atoms with E-state index in [9.17, 15) is 4.79 Å². The number of hydrogen-bond donors (Lipinski definition) is 1. The first kappa shape index (κ1) is 9.38. The minimum Gasteiger partial charge on any atom is -0.452 e. The highest BCUT2D eigenvalue weighted by molar-refractivity contribution is 8.00. The van der Waals surface area contributed by atoms with E-state index in [1.807, 2.05) is 11.8 Å². The molecular weight excluding hydrogens is 176 g/mol. The summed E-state index contributed by atoms with van der Waals surface area (Å²) in [7, 11) is 1.32. The van der Waals surface area contributed by atoms with Gasteiger partial charge in [-0.15, -0.1) is 0 Å². The van der Waals surface area contributed by atoms with Crippen molar-refractivity contribution < 1.29 is 9.53 Å². The van der Waals surface area contributed by atoms with Gasteiger partial charge in [0.15, 0.2) is 0 Å². The lowest BCUT2D eigenvalue weighted by Gasteiger charge is -2.01. The Morgan fingerprint density at radius 3 is 3.08 bits per heavy atom. The summed E-state index contributed by atoms with van der Waals surface area (Å²) in [6.07, 6.45) is -0.508. The van der Waals surface area contributed by atoms with Crippen molar-refractivity contribution in [2.45, 2.75) is 6.92 Å². The fraction of sp³-hybridized carbons (Fsp3) is 0.714.